The summed E-state index contributed by atoms with van der Waals surface area (Å²) in [6, 6.07) is 15.0. The first-order valence-corrected chi connectivity index (χ1v) is 7.31. The minimum absolute atomic E-state index is 0.248. The molecule has 110 valence electrons. The van der Waals surface area contributed by atoms with Crippen molar-refractivity contribution in [3.05, 3.63) is 48.3 Å². The zero-order valence-electron chi connectivity index (χ0n) is 11.6. The van der Waals surface area contributed by atoms with Crippen LogP contribution in [0.2, 0.25) is 0 Å². The monoisotopic (exact) mass is 321 g/mol. The van der Waals surface area contributed by atoms with Crippen molar-refractivity contribution in [1.29, 1.82) is 10.5 Å². The van der Waals surface area contributed by atoms with Crippen LogP contribution in [0.5, 0.6) is 0 Å². The lowest BCUT2D eigenvalue weighted by Gasteiger charge is -2.01. The number of nitriles is 2. The molecule has 5 nitrogen and oxygen atoms in total. The highest BCUT2D eigenvalue weighted by Crippen LogP contribution is 2.31. The van der Waals surface area contributed by atoms with E-state index >= 15 is 0 Å². The van der Waals surface area contributed by atoms with Gasteiger partial charge in [0, 0.05) is 5.56 Å². The molecule has 0 aliphatic carbocycles. The third-order valence-electron chi connectivity index (χ3n) is 2.99. The van der Waals surface area contributed by atoms with E-state index in [0.29, 0.717) is 5.69 Å². The van der Waals surface area contributed by atoms with Gasteiger partial charge in [-0.3, -0.25) is 5.43 Å². The van der Waals surface area contributed by atoms with Gasteiger partial charge < -0.3 is 0 Å². The third-order valence-corrected chi connectivity index (χ3v) is 4.06. The van der Waals surface area contributed by atoms with Crippen molar-refractivity contribution in [3.63, 3.8) is 0 Å². The molecule has 0 aliphatic heterocycles. The van der Waals surface area contributed by atoms with Gasteiger partial charge in [0.05, 0.1) is 15.9 Å². The molecule has 0 spiro atoms. The number of nitrogens with one attached hydrogen (secondary N) is 1. The van der Waals surface area contributed by atoms with Gasteiger partial charge in [-0.25, -0.2) is 9.37 Å². The van der Waals surface area contributed by atoms with Crippen molar-refractivity contribution >= 4 is 33.0 Å². The molecule has 0 radical (unpaired) electrons. The SMILES string of the molecule is N#CC(C#N)=NNc1ccc(-c2nc3ccc(F)cc3s2)cc1. The molecule has 3 rings (SSSR count). The highest BCUT2D eigenvalue weighted by atomic mass is 32.1. The van der Waals surface area contributed by atoms with E-state index in [0.717, 1.165) is 20.8 Å². The number of benzene rings is 2. The lowest BCUT2D eigenvalue weighted by Crippen LogP contribution is -1.96. The minimum atomic E-state index is -0.282. The molecule has 0 saturated carbocycles. The maximum absolute atomic E-state index is 13.2. The molecule has 0 amide bonds. The van der Waals surface area contributed by atoms with Crippen LogP contribution in [0.15, 0.2) is 47.6 Å². The van der Waals surface area contributed by atoms with Crippen molar-refractivity contribution in [2.45, 2.75) is 0 Å². The fraction of sp³-hybridized carbons (Fsp3) is 0. The van der Waals surface area contributed by atoms with Gasteiger partial charge in [-0.1, -0.05) is 0 Å². The predicted octanol–water partition coefficient (Wildman–Crippen LogP) is 3.92. The molecular formula is C16H8FN5S. The molecule has 7 heteroatoms. The number of thiazole rings is 1. The Kier molecular flexibility index (Phi) is 3.96. The van der Waals surface area contributed by atoms with E-state index in [1.807, 2.05) is 12.1 Å². The van der Waals surface area contributed by atoms with Gasteiger partial charge in [-0.15, -0.1) is 11.3 Å². The molecule has 1 aromatic heterocycles. The lowest BCUT2D eigenvalue weighted by molar-refractivity contribution is 0.630. The van der Waals surface area contributed by atoms with Crippen LogP contribution in [0.3, 0.4) is 0 Å². The molecule has 1 heterocycles. The van der Waals surface area contributed by atoms with Crippen LogP contribution < -0.4 is 5.43 Å². The molecule has 0 bridgehead atoms. The summed E-state index contributed by atoms with van der Waals surface area (Å²) in [5, 5.41) is 21.7. The van der Waals surface area contributed by atoms with Crippen LogP contribution in [-0.4, -0.2) is 10.7 Å². The minimum Gasteiger partial charge on any atom is -0.277 e. The van der Waals surface area contributed by atoms with Crippen LogP contribution in [0.25, 0.3) is 20.8 Å². The second-order valence-electron chi connectivity index (χ2n) is 4.50. The summed E-state index contributed by atoms with van der Waals surface area (Å²) in [5.74, 6) is -0.282. The summed E-state index contributed by atoms with van der Waals surface area (Å²) < 4.78 is 14.0. The zero-order chi connectivity index (χ0) is 16.2. The van der Waals surface area contributed by atoms with Gasteiger partial charge >= 0.3 is 0 Å². The van der Waals surface area contributed by atoms with Crippen LogP contribution >= 0.6 is 11.3 Å². The topological polar surface area (TPSA) is 84.9 Å². The average Bonchev–Trinajstić information content (AvgIpc) is 2.99. The molecule has 0 fully saturated rings. The first-order valence-electron chi connectivity index (χ1n) is 6.50. The van der Waals surface area contributed by atoms with Crippen LogP contribution in [0, 0.1) is 28.5 Å². The van der Waals surface area contributed by atoms with Crippen molar-refractivity contribution in [1.82, 2.24) is 4.98 Å². The van der Waals surface area contributed by atoms with Gasteiger partial charge in [-0.05, 0) is 42.5 Å². The number of rotatable bonds is 3. The van der Waals surface area contributed by atoms with E-state index in [4.69, 9.17) is 10.5 Å². The maximum atomic E-state index is 13.2. The zero-order valence-corrected chi connectivity index (χ0v) is 12.4. The van der Waals surface area contributed by atoms with Crippen molar-refractivity contribution < 1.29 is 4.39 Å². The summed E-state index contributed by atoms with van der Waals surface area (Å²) in [4.78, 5) is 4.47. The maximum Gasteiger partial charge on any atom is 0.237 e. The average molecular weight is 321 g/mol. The Morgan fingerprint density at radius 3 is 2.57 bits per heavy atom. The summed E-state index contributed by atoms with van der Waals surface area (Å²) >= 11 is 1.41. The molecule has 2 aromatic carbocycles. The fourth-order valence-corrected chi connectivity index (χ4v) is 2.90. The standard InChI is InChI=1S/C16H8FN5S/c17-11-3-6-14-15(7-11)23-16(20-14)10-1-4-12(5-2-10)21-22-13(8-18)9-19/h1-7,21H. The predicted molar refractivity (Wildman–Crippen MR) is 87.3 cm³/mol. The van der Waals surface area contributed by atoms with Gasteiger partial charge in [-0.2, -0.15) is 15.6 Å². The van der Waals surface area contributed by atoms with Gasteiger partial charge in [0.2, 0.25) is 5.71 Å². The van der Waals surface area contributed by atoms with E-state index in [1.54, 1.807) is 30.3 Å². The molecule has 23 heavy (non-hydrogen) atoms. The molecular weight excluding hydrogens is 313 g/mol. The second kappa shape index (κ2) is 6.22. The summed E-state index contributed by atoms with van der Waals surface area (Å²) in [6.07, 6.45) is 0. The molecule has 0 saturated heterocycles. The summed E-state index contributed by atoms with van der Waals surface area (Å²) in [5.41, 5.74) is 4.68. The Hall–Kier alpha value is -3.29. The number of fused-ring (bicyclic) bond motifs is 1. The Morgan fingerprint density at radius 2 is 1.87 bits per heavy atom. The van der Waals surface area contributed by atoms with E-state index in [-0.39, 0.29) is 11.5 Å². The molecule has 3 aromatic rings. The van der Waals surface area contributed by atoms with Crippen LogP contribution in [0.4, 0.5) is 10.1 Å². The van der Waals surface area contributed by atoms with E-state index in [2.05, 4.69) is 15.5 Å². The van der Waals surface area contributed by atoms with Gasteiger partial charge in [0.15, 0.2) is 0 Å². The number of anilines is 1. The Labute approximate surface area is 134 Å². The van der Waals surface area contributed by atoms with E-state index in [9.17, 15) is 4.39 Å². The molecule has 0 atom stereocenters. The Morgan fingerprint density at radius 1 is 1.13 bits per heavy atom. The van der Waals surface area contributed by atoms with E-state index < -0.39 is 0 Å². The number of hydrazone groups is 1. The Bertz CT molecular complexity index is 960. The van der Waals surface area contributed by atoms with Gasteiger partial charge in [0.1, 0.15) is 23.0 Å². The lowest BCUT2D eigenvalue weighted by atomic mass is 10.2. The largest absolute Gasteiger partial charge is 0.277 e. The highest BCUT2D eigenvalue weighted by Gasteiger charge is 2.07. The van der Waals surface area contributed by atoms with Crippen LogP contribution in [0.1, 0.15) is 0 Å². The molecule has 1 N–H and O–H groups in total. The van der Waals surface area contributed by atoms with E-state index in [1.165, 1.54) is 23.5 Å². The quantitative estimate of drug-likeness (QED) is 0.585. The number of aromatic nitrogens is 1. The fourth-order valence-electron chi connectivity index (χ4n) is 1.90. The molecule has 0 unspecified atom stereocenters. The van der Waals surface area contributed by atoms with Crippen molar-refractivity contribution in [2.75, 3.05) is 5.43 Å². The summed E-state index contributed by atoms with van der Waals surface area (Å²) in [6.45, 7) is 0. The van der Waals surface area contributed by atoms with Crippen LogP contribution in [-0.2, 0) is 0 Å². The molecule has 0 aliphatic rings. The second-order valence-corrected chi connectivity index (χ2v) is 5.53. The Balaban J connectivity index is 1.85. The highest BCUT2D eigenvalue weighted by molar-refractivity contribution is 7.21. The summed E-state index contributed by atoms with van der Waals surface area (Å²) in [7, 11) is 0. The first kappa shape index (κ1) is 14.6. The van der Waals surface area contributed by atoms with Crippen molar-refractivity contribution in [2.24, 2.45) is 5.10 Å². The number of nitrogens with zero attached hydrogens (tertiary/aromatic N) is 4. The third kappa shape index (κ3) is 3.15. The first-order chi connectivity index (χ1) is 11.2. The normalized spacial score (nSPS) is 9.87. The number of halogens is 1. The number of hydrogen-bond donors (Lipinski definition) is 1. The van der Waals surface area contributed by atoms with Crippen molar-refractivity contribution in [3.8, 4) is 22.7 Å². The smallest absolute Gasteiger partial charge is 0.237 e. The van der Waals surface area contributed by atoms with Gasteiger partial charge in [0.25, 0.3) is 0 Å². The number of hydrogen-bond acceptors (Lipinski definition) is 6.